The lowest BCUT2D eigenvalue weighted by molar-refractivity contribution is 0.0429. The molecule has 1 aromatic carbocycles. The van der Waals surface area contributed by atoms with Crippen molar-refractivity contribution in [2.75, 3.05) is 0 Å². The van der Waals surface area contributed by atoms with Gasteiger partial charge in [0.25, 0.3) is 5.89 Å². The first kappa shape index (κ1) is 15.2. The number of carbonyl (C=O) groups excluding carboxylic acids is 1. The highest BCUT2D eigenvalue weighted by molar-refractivity contribution is 6.31. The van der Waals surface area contributed by atoms with Crippen molar-refractivity contribution >= 4 is 17.6 Å². The predicted octanol–water partition coefficient (Wildman–Crippen LogP) is 2.63. The summed E-state index contributed by atoms with van der Waals surface area (Å²) >= 11 is 6.11. The largest absolute Gasteiger partial charge is 0.452 e. The minimum atomic E-state index is -0.508. The topological polar surface area (TPSA) is 83.0 Å². The molecule has 0 radical (unpaired) electrons. The van der Waals surface area contributed by atoms with Gasteiger partial charge in [-0.25, -0.2) is 4.79 Å². The highest BCUT2D eigenvalue weighted by Gasteiger charge is 2.13. The van der Waals surface area contributed by atoms with Gasteiger partial charge in [-0.15, -0.1) is 0 Å². The lowest BCUT2D eigenvalue weighted by atomic mass is 10.2. The SMILES string of the molecule is Cc1noc(COC(=O)c2cnn(Cc3ccccc3Cl)c2)n1. The summed E-state index contributed by atoms with van der Waals surface area (Å²) < 4.78 is 11.6. The molecule has 0 N–H and O–H groups in total. The number of rotatable bonds is 5. The third-order valence-corrected chi connectivity index (χ3v) is 3.42. The Bertz CT molecular complexity index is 828. The second kappa shape index (κ2) is 6.62. The molecule has 0 bridgehead atoms. The molecule has 2 aromatic heterocycles. The van der Waals surface area contributed by atoms with Crippen LogP contribution in [0.15, 0.2) is 41.2 Å². The highest BCUT2D eigenvalue weighted by Crippen LogP contribution is 2.16. The summed E-state index contributed by atoms with van der Waals surface area (Å²) in [6, 6.07) is 7.46. The number of aryl methyl sites for hydroxylation is 1. The fourth-order valence-electron chi connectivity index (χ4n) is 1.97. The summed E-state index contributed by atoms with van der Waals surface area (Å²) in [7, 11) is 0. The molecular formula is C15H13ClN4O3. The molecule has 0 aliphatic heterocycles. The molecule has 0 saturated heterocycles. The molecule has 3 rings (SSSR count). The molecular weight excluding hydrogens is 320 g/mol. The Kier molecular flexibility index (Phi) is 4.38. The molecule has 0 atom stereocenters. The van der Waals surface area contributed by atoms with E-state index in [1.165, 1.54) is 6.20 Å². The van der Waals surface area contributed by atoms with Crippen LogP contribution in [0, 0.1) is 6.92 Å². The monoisotopic (exact) mass is 332 g/mol. The summed E-state index contributed by atoms with van der Waals surface area (Å²) in [5.41, 5.74) is 1.26. The Balaban J connectivity index is 1.62. The van der Waals surface area contributed by atoms with E-state index in [2.05, 4.69) is 15.2 Å². The lowest BCUT2D eigenvalue weighted by Crippen LogP contribution is -2.05. The average Bonchev–Trinajstić information content (AvgIpc) is 3.16. The Morgan fingerprint density at radius 1 is 1.39 bits per heavy atom. The molecule has 23 heavy (non-hydrogen) atoms. The van der Waals surface area contributed by atoms with Crippen molar-refractivity contribution in [2.24, 2.45) is 0 Å². The van der Waals surface area contributed by atoms with Crippen LogP contribution >= 0.6 is 11.6 Å². The van der Waals surface area contributed by atoms with E-state index in [1.807, 2.05) is 24.3 Å². The van der Waals surface area contributed by atoms with Crippen molar-refractivity contribution in [3.05, 3.63) is 64.5 Å². The van der Waals surface area contributed by atoms with Gasteiger partial charge in [0.15, 0.2) is 12.4 Å². The van der Waals surface area contributed by atoms with Gasteiger partial charge in [-0.3, -0.25) is 4.68 Å². The van der Waals surface area contributed by atoms with E-state index in [0.29, 0.717) is 23.0 Å². The smallest absolute Gasteiger partial charge is 0.341 e. The fraction of sp³-hybridized carbons (Fsp3) is 0.200. The maximum absolute atomic E-state index is 12.0. The van der Waals surface area contributed by atoms with Crippen molar-refractivity contribution in [3.63, 3.8) is 0 Å². The summed E-state index contributed by atoms with van der Waals surface area (Å²) in [5.74, 6) is 0.231. The molecule has 0 aliphatic rings. The highest BCUT2D eigenvalue weighted by atomic mass is 35.5. The van der Waals surface area contributed by atoms with Gasteiger partial charge in [0.1, 0.15) is 0 Å². The Labute approximate surface area is 136 Å². The van der Waals surface area contributed by atoms with Gasteiger partial charge in [0.05, 0.1) is 18.3 Å². The number of nitrogens with zero attached hydrogens (tertiary/aromatic N) is 4. The normalized spacial score (nSPS) is 10.7. The van der Waals surface area contributed by atoms with Gasteiger partial charge in [-0.05, 0) is 18.6 Å². The number of hydrogen-bond donors (Lipinski definition) is 0. The van der Waals surface area contributed by atoms with E-state index < -0.39 is 5.97 Å². The van der Waals surface area contributed by atoms with Crippen molar-refractivity contribution in [3.8, 4) is 0 Å². The number of benzene rings is 1. The van der Waals surface area contributed by atoms with Crippen molar-refractivity contribution in [2.45, 2.75) is 20.1 Å². The predicted molar refractivity (Wildman–Crippen MR) is 80.9 cm³/mol. The second-order valence-corrected chi connectivity index (χ2v) is 5.24. The van der Waals surface area contributed by atoms with Crippen LogP contribution in [0.4, 0.5) is 0 Å². The first-order valence-electron chi connectivity index (χ1n) is 6.84. The van der Waals surface area contributed by atoms with Crippen LogP contribution in [-0.2, 0) is 17.9 Å². The maximum Gasteiger partial charge on any atom is 0.341 e. The Hall–Kier alpha value is -2.67. The first-order valence-corrected chi connectivity index (χ1v) is 7.22. The van der Waals surface area contributed by atoms with Crippen LogP contribution in [0.1, 0.15) is 27.6 Å². The Morgan fingerprint density at radius 3 is 2.96 bits per heavy atom. The van der Waals surface area contributed by atoms with Crippen LogP contribution in [-0.4, -0.2) is 25.9 Å². The van der Waals surface area contributed by atoms with E-state index in [4.69, 9.17) is 20.9 Å². The van der Waals surface area contributed by atoms with Crippen LogP contribution in [0.3, 0.4) is 0 Å². The first-order chi connectivity index (χ1) is 11.1. The molecule has 0 spiro atoms. The van der Waals surface area contributed by atoms with Crippen molar-refractivity contribution < 1.29 is 14.1 Å². The molecule has 0 saturated carbocycles. The number of aromatic nitrogens is 4. The zero-order valence-electron chi connectivity index (χ0n) is 12.3. The quantitative estimate of drug-likeness (QED) is 0.668. The third-order valence-electron chi connectivity index (χ3n) is 3.06. The van der Waals surface area contributed by atoms with Gasteiger partial charge in [0, 0.05) is 11.2 Å². The summed E-state index contributed by atoms with van der Waals surface area (Å²) in [6.45, 7) is 2.08. The molecule has 0 unspecified atom stereocenters. The minimum Gasteiger partial charge on any atom is -0.452 e. The minimum absolute atomic E-state index is 0.0740. The molecule has 118 valence electrons. The molecule has 0 fully saturated rings. The van der Waals surface area contributed by atoms with Crippen LogP contribution in [0.5, 0.6) is 0 Å². The summed E-state index contributed by atoms with van der Waals surface area (Å²) in [4.78, 5) is 15.9. The number of ether oxygens (including phenoxy) is 1. The summed E-state index contributed by atoms with van der Waals surface area (Å²) in [5, 5.41) is 8.41. The summed E-state index contributed by atoms with van der Waals surface area (Å²) in [6.07, 6.45) is 3.04. The van der Waals surface area contributed by atoms with E-state index >= 15 is 0 Å². The van der Waals surface area contributed by atoms with Crippen LogP contribution < -0.4 is 0 Å². The van der Waals surface area contributed by atoms with Gasteiger partial charge < -0.3 is 9.26 Å². The number of halogens is 1. The maximum atomic E-state index is 12.0. The molecule has 3 aromatic rings. The Morgan fingerprint density at radius 2 is 2.22 bits per heavy atom. The molecule has 0 amide bonds. The zero-order chi connectivity index (χ0) is 16.2. The molecule has 7 nitrogen and oxygen atoms in total. The van der Waals surface area contributed by atoms with Gasteiger partial charge in [-0.2, -0.15) is 10.1 Å². The number of esters is 1. The van der Waals surface area contributed by atoms with E-state index in [9.17, 15) is 4.79 Å². The van der Waals surface area contributed by atoms with E-state index in [0.717, 1.165) is 5.56 Å². The van der Waals surface area contributed by atoms with Crippen molar-refractivity contribution in [1.29, 1.82) is 0 Å². The van der Waals surface area contributed by atoms with E-state index in [1.54, 1.807) is 17.8 Å². The average molecular weight is 333 g/mol. The number of carbonyl (C=O) groups is 1. The van der Waals surface area contributed by atoms with Crippen LogP contribution in [0.25, 0.3) is 0 Å². The van der Waals surface area contributed by atoms with Gasteiger partial charge >= 0.3 is 5.97 Å². The lowest BCUT2D eigenvalue weighted by Gasteiger charge is -2.03. The van der Waals surface area contributed by atoms with Crippen molar-refractivity contribution in [1.82, 2.24) is 19.9 Å². The number of hydrogen-bond acceptors (Lipinski definition) is 6. The fourth-order valence-corrected chi connectivity index (χ4v) is 2.16. The third kappa shape index (κ3) is 3.75. The molecule has 8 heteroatoms. The van der Waals surface area contributed by atoms with Gasteiger partial charge in [-0.1, -0.05) is 35.0 Å². The van der Waals surface area contributed by atoms with E-state index in [-0.39, 0.29) is 12.5 Å². The second-order valence-electron chi connectivity index (χ2n) is 4.83. The molecule has 0 aliphatic carbocycles. The van der Waals surface area contributed by atoms with Crippen LogP contribution in [0.2, 0.25) is 5.02 Å². The zero-order valence-corrected chi connectivity index (χ0v) is 13.0. The van der Waals surface area contributed by atoms with Gasteiger partial charge in [0.2, 0.25) is 0 Å². The standard InChI is InChI=1S/C15H13ClN4O3/c1-10-18-14(23-19-10)9-22-15(21)12-6-17-20(8-12)7-11-4-2-3-5-13(11)16/h2-6,8H,7,9H2,1H3. The molecule has 2 heterocycles.